The number of aromatic nitrogens is 2. The predicted octanol–water partition coefficient (Wildman–Crippen LogP) is 4.56. The molecule has 1 aromatic heterocycles. The van der Waals surface area contributed by atoms with Crippen LogP contribution in [-0.2, 0) is 0 Å². The van der Waals surface area contributed by atoms with Gasteiger partial charge in [-0.25, -0.2) is 0 Å². The monoisotopic (exact) mass is 398 g/mol. The lowest BCUT2D eigenvalue weighted by Gasteiger charge is -2.31. The molecule has 6 nitrogen and oxygen atoms in total. The number of piperidine rings is 2. The molecule has 2 aliphatic heterocycles. The van der Waals surface area contributed by atoms with Crippen molar-refractivity contribution in [3.63, 3.8) is 0 Å². The molecule has 0 radical (unpaired) electrons. The highest BCUT2D eigenvalue weighted by Gasteiger charge is 2.19. The number of hydrogen-bond acceptors (Lipinski definition) is 6. The van der Waals surface area contributed by atoms with Crippen molar-refractivity contribution in [1.82, 2.24) is 9.97 Å². The van der Waals surface area contributed by atoms with Crippen LogP contribution in [0.1, 0.15) is 44.1 Å². The molecule has 1 aromatic carbocycles. The maximum Gasteiger partial charge on any atom is 0.229 e. The Balaban J connectivity index is 1.56. The normalized spacial score (nSPS) is 17.9. The number of anilines is 3. The summed E-state index contributed by atoms with van der Waals surface area (Å²) in [6.45, 7) is 4.15. The molecular weight excluding hydrogens is 372 g/mol. The fourth-order valence-electron chi connectivity index (χ4n) is 3.75. The van der Waals surface area contributed by atoms with Gasteiger partial charge < -0.3 is 9.80 Å². The van der Waals surface area contributed by atoms with Gasteiger partial charge in [0.1, 0.15) is 5.82 Å². The minimum absolute atomic E-state index is 0.679. The lowest BCUT2D eigenvalue weighted by atomic mass is 10.1. The highest BCUT2D eigenvalue weighted by atomic mass is 35.5. The summed E-state index contributed by atoms with van der Waals surface area (Å²) in [6, 6.07) is 9.65. The van der Waals surface area contributed by atoms with Crippen LogP contribution in [0.5, 0.6) is 0 Å². The van der Waals surface area contributed by atoms with Gasteiger partial charge in [-0.1, -0.05) is 29.8 Å². The molecular formula is C21H27ClN6. The van der Waals surface area contributed by atoms with E-state index >= 15 is 0 Å². The molecule has 7 heteroatoms. The third-order valence-electron chi connectivity index (χ3n) is 5.31. The molecule has 0 saturated carbocycles. The van der Waals surface area contributed by atoms with Gasteiger partial charge in [-0.3, -0.25) is 5.43 Å². The van der Waals surface area contributed by atoms with E-state index in [1.165, 1.54) is 38.5 Å². The minimum Gasteiger partial charge on any atom is -0.356 e. The Morgan fingerprint density at radius 2 is 1.57 bits per heavy atom. The second-order valence-corrected chi connectivity index (χ2v) is 7.81. The molecule has 2 saturated heterocycles. The summed E-state index contributed by atoms with van der Waals surface area (Å²) < 4.78 is 0. The number of hydrogen-bond donors (Lipinski definition) is 1. The predicted molar refractivity (Wildman–Crippen MR) is 117 cm³/mol. The molecule has 28 heavy (non-hydrogen) atoms. The smallest absolute Gasteiger partial charge is 0.229 e. The van der Waals surface area contributed by atoms with Crippen LogP contribution in [-0.4, -0.2) is 42.4 Å². The van der Waals surface area contributed by atoms with Crippen LogP contribution in [0, 0.1) is 0 Å². The molecule has 4 rings (SSSR count). The summed E-state index contributed by atoms with van der Waals surface area (Å²) in [5.74, 6) is 2.52. The first-order chi connectivity index (χ1) is 13.8. The van der Waals surface area contributed by atoms with Crippen molar-refractivity contribution in [2.45, 2.75) is 38.5 Å². The first-order valence-electron chi connectivity index (χ1n) is 10.2. The molecule has 0 atom stereocenters. The van der Waals surface area contributed by atoms with E-state index in [2.05, 4.69) is 20.3 Å². The van der Waals surface area contributed by atoms with Crippen LogP contribution in [0.15, 0.2) is 35.4 Å². The summed E-state index contributed by atoms with van der Waals surface area (Å²) in [6.07, 6.45) is 9.15. The Kier molecular flexibility index (Phi) is 6.27. The van der Waals surface area contributed by atoms with E-state index in [-0.39, 0.29) is 0 Å². The van der Waals surface area contributed by atoms with Crippen LogP contribution >= 0.6 is 11.6 Å². The standard InChI is InChI=1S/C21H27ClN6/c22-18-10-4-3-9-17(18)16-23-26-19-15-20(27-11-5-1-6-12-27)25-21(24-19)28-13-7-2-8-14-28/h3-4,9-10,15-16H,1-2,5-8,11-14H2,(H,24,25,26). The number of nitrogens with one attached hydrogen (secondary N) is 1. The SMILES string of the molecule is Clc1ccccc1C=NNc1cc(N2CCCCC2)nc(N2CCCCC2)n1. The average molecular weight is 399 g/mol. The van der Waals surface area contributed by atoms with Crippen molar-refractivity contribution < 1.29 is 0 Å². The Hall–Kier alpha value is -2.34. The highest BCUT2D eigenvalue weighted by molar-refractivity contribution is 6.33. The average Bonchev–Trinajstić information content (AvgIpc) is 2.76. The van der Waals surface area contributed by atoms with Crippen LogP contribution in [0.4, 0.5) is 17.6 Å². The van der Waals surface area contributed by atoms with Crippen LogP contribution in [0.2, 0.25) is 5.02 Å². The van der Waals surface area contributed by atoms with Crippen LogP contribution < -0.4 is 15.2 Å². The van der Waals surface area contributed by atoms with E-state index in [9.17, 15) is 0 Å². The van der Waals surface area contributed by atoms with Gasteiger partial charge in [-0.2, -0.15) is 15.1 Å². The summed E-state index contributed by atoms with van der Waals surface area (Å²) in [7, 11) is 0. The zero-order chi connectivity index (χ0) is 19.2. The number of hydrazone groups is 1. The van der Waals surface area contributed by atoms with Crippen molar-refractivity contribution in [2.24, 2.45) is 5.10 Å². The second kappa shape index (κ2) is 9.24. The van der Waals surface area contributed by atoms with Gasteiger partial charge in [0.2, 0.25) is 5.95 Å². The first-order valence-corrected chi connectivity index (χ1v) is 10.6. The number of rotatable bonds is 5. The van der Waals surface area contributed by atoms with Crippen molar-refractivity contribution in [1.29, 1.82) is 0 Å². The fraction of sp³-hybridized carbons (Fsp3) is 0.476. The quantitative estimate of drug-likeness (QED) is 0.591. The Morgan fingerprint density at radius 1 is 0.893 bits per heavy atom. The Bertz CT molecular complexity index is 776. The van der Waals surface area contributed by atoms with Crippen molar-refractivity contribution in [3.05, 3.63) is 40.9 Å². The summed E-state index contributed by atoms with van der Waals surface area (Å²) in [5.41, 5.74) is 3.96. The maximum atomic E-state index is 6.20. The molecule has 1 N–H and O–H groups in total. The number of nitrogens with zero attached hydrogens (tertiary/aromatic N) is 5. The topological polar surface area (TPSA) is 56.7 Å². The van der Waals surface area contributed by atoms with Crippen molar-refractivity contribution in [2.75, 3.05) is 41.4 Å². The molecule has 0 unspecified atom stereocenters. The number of halogens is 1. The molecule has 148 valence electrons. The molecule has 3 heterocycles. The van der Waals surface area contributed by atoms with Crippen LogP contribution in [0.3, 0.4) is 0 Å². The first kappa shape index (κ1) is 19.0. The summed E-state index contributed by atoms with van der Waals surface area (Å²) >= 11 is 6.20. The summed E-state index contributed by atoms with van der Waals surface area (Å²) in [4.78, 5) is 14.3. The third-order valence-corrected chi connectivity index (χ3v) is 5.65. The lowest BCUT2D eigenvalue weighted by molar-refractivity contribution is 0.561. The lowest BCUT2D eigenvalue weighted by Crippen LogP contribution is -2.33. The van der Waals surface area contributed by atoms with E-state index in [0.29, 0.717) is 5.02 Å². The molecule has 0 bridgehead atoms. The second-order valence-electron chi connectivity index (χ2n) is 7.40. The zero-order valence-corrected chi connectivity index (χ0v) is 16.9. The van der Waals surface area contributed by atoms with E-state index in [1.54, 1.807) is 6.21 Å². The van der Waals surface area contributed by atoms with Crippen molar-refractivity contribution in [3.8, 4) is 0 Å². The largest absolute Gasteiger partial charge is 0.356 e. The zero-order valence-electron chi connectivity index (χ0n) is 16.1. The highest BCUT2D eigenvalue weighted by Crippen LogP contribution is 2.25. The van der Waals surface area contributed by atoms with Gasteiger partial charge in [0.05, 0.1) is 6.21 Å². The van der Waals surface area contributed by atoms with Gasteiger partial charge >= 0.3 is 0 Å². The minimum atomic E-state index is 0.679. The fourth-order valence-corrected chi connectivity index (χ4v) is 3.93. The van der Waals surface area contributed by atoms with Gasteiger partial charge in [0, 0.05) is 42.8 Å². The van der Waals surface area contributed by atoms with Gasteiger partial charge in [-0.15, -0.1) is 0 Å². The van der Waals surface area contributed by atoms with E-state index in [0.717, 1.165) is 49.3 Å². The molecule has 2 fully saturated rings. The van der Waals surface area contributed by atoms with E-state index < -0.39 is 0 Å². The molecule has 0 amide bonds. The van der Waals surface area contributed by atoms with Gasteiger partial charge in [0.15, 0.2) is 5.82 Å². The molecule has 0 aliphatic carbocycles. The van der Waals surface area contributed by atoms with E-state index in [1.807, 2.05) is 30.3 Å². The molecule has 2 aromatic rings. The van der Waals surface area contributed by atoms with Gasteiger partial charge in [-0.05, 0) is 44.6 Å². The maximum absolute atomic E-state index is 6.20. The van der Waals surface area contributed by atoms with Gasteiger partial charge in [0.25, 0.3) is 0 Å². The molecule has 0 spiro atoms. The Morgan fingerprint density at radius 3 is 2.29 bits per heavy atom. The van der Waals surface area contributed by atoms with Crippen LogP contribution in [0.25, 0.3) is 0 Å². The van der Waals surface area contributed by atoms with E-state index in [4.69, 9.17) is 21.6 Å². The third kappa shape index (κ3) is 4.73. The van der Waals surface area contributed by atoms with Crippen molar-refractivity contribution >= 4 is 35.4 Å². The molecule has 2 aliphatic rings. The Labute approximate surface area is 171 Å². The summed E-state index contributed by atoms with van der Waals surface area (Å²) in [5, 5.41) is 5.04. The number of benzene rings is 1.